The predicted octanol–water partition coefficient (Wildman–Crippen LogP) is 5.41. The van der Waals surface area contributed by atoms with Gasteiger partial charge in [0.1, 0.15) is 6.04 Å². The van der Waals surface area contributed by atoms with E-state index in [0.717, 1.165) is 22.6 Å². The third-order valence-corrected chi connectivity index (χ3v) is 6.42. The number of nitrogens with zero attached hydrogens (tertiary/aromatic N) is 2. The van der Waals surface area contributed by atoms with Crippen LogP contribution in [0, 0.1) is 0 Å². The van der Waals surface area contributed by atoms with Crippen LogP contribution in [-0.2, 0) is 27.0 Å². The monoisotopic (exact) mass is 555 g/mol. The average molecular weight is 556 g/mol. The van der Waals surface area contributed by atoms with E-state index in [0.29, 0.717) is 11.3 Å². The number of carbonyl (C=O) groups is 3. The van der Waals surface area contributed by atoms with Gasteiger partial charge in [-0.15, -0.1) is 0 Å². The SMILES string of the molecule is CCOC(=O)c1ccc(NC(=O)CC2C(=O)N(c3cccc(C(F)(F)F)c3)C(=S)N2Cc2ccccc2)cc1. The number of halogens is 3. The van der Waals surface area contributed by atoms with Gasteiger partial charge in [-0.05, 0) is 67.2 Å². The Hall–Kier alpha value is -4.25. The lowest BCUT2D eigenvalue weighted by Gasteiger charge is -2.24. The zero-order valence-electron chi connectivity index (χ0n) is 20.8. The summed E-state index contributed by atoms with van der Waals surface area (Å²) in [4.78, 5) is 40.9. The number of carbonyl (C=O) groups excluding carboxylic acids is 3. The summed E-state index contributed by atoms with van der Waals surface area (Å²) in [6, 6.07) is 18.4. The van der Waals surface area contributed by atoms with Gasteiger partial charge in [0.15, 0.2) is 5.11 Å². The molecule has 1 N–H and O–H groups in total. The molecule has 39 heavy (non-hydrogen) atoms. The summed E-state index contributed by atoms with van der Waals surface area (Å²) in [5.41, 5.74) is 0.564. The van der Waals surface area contributed by atoms with Crippen molar-refractivity contribution in [2.24, 2.45) is 0 Å². The minimum Gasteiger partial charge on any atom is -0.462 e. The van der Waals surface area contributed by atoms with E-state index < -0.39 is 35.6 Å². The fourth-order valence-electron chi connectivity index (χ4n) is 4.14. The second-order valence-electron chi connectivity index (χ2n) is 8.68. The summed E-state index contributed by atoms with van der Waals surface area (Å²) in [7, 11) is 0. The number of ether oxygens (including phenoxy) is 1. The van der Waals surface area contributed by atoms with Crippen molar-refractivity contribution in [3.8, 4) is 0 Å². The zero-order valence-corrected chi connectivity index (χ0v) is 21.6. The molecule has 1 aliphatic rings. The number of anilines is 2. The fraction of sp³-hybridized carbons (Fsp3) is 0.214. The second kappa shape index (κ2) is 11.6. The molecule has 3 aromatic rings. The number of hydrogen-bond donors (Lipinski definition) is 1. The number of benzene rings is 3. The third kappa shape index (κ3) is 6.43. The molecule has 0 aliphatic carbocycles. The van der Waals surface area contributed by atoms with Crippen LogP contribution in [0.4, 0.5) is 24.5 Å². The van der Waals surface area contributed by atoms with Crippen molar-refractivity contribution in [1.82, 2.24) is 4.90 Å². The van der Waals surface area contributed by atoms with Crippen LogP contribution in [0.3, 0.4) is 0 Å². The maximum absolute atomic E-state index is 13.5. The van der Waals surface area contributed by atoms with Crippen molar-refractivity contribution >= 4 is 46.5 Å². The van der Waals surface area contributed by atoms with E-state index in [4.69, 9.17) is 17.0 Å². The standard InChI is InChI=1S/C28H24F3N3O4S/c1-2-38-26(37)19-11-13-21(14-12-19)32-24(35)16-23-25(36)34(22-10-6-9-20(15-22)28(29,30)31)27(39)33(23)17-18-7-4-3-5-8-18/h3-15,23H,2,16-17H2,1H3,(H,32,35). The molecule has 1 aliphatic heterocycles. The second-order valence-corrected chi connectivity index (χ2v) is 9.05. The molecule has 11 heteroatoms. The van der Waals surface area contributed by atoms with Gasteiger partial charge in [0, 0.05) is 12.2 Å². The van der Waals surface area contributed by atoms with E-state index in [9.17, 15) is 27.6 Å². The van der Waals surface area contributed by atoms with Crippen LogP contribution in [-0.4, -0.2) is 40.4 Å². The molecule has 202 valence electrons. The minimum atomic E-state index is -4.60. The van der Waals surface area contributed by atoms with Crippen LogP contribution in [0.1, 0.15) is 34.8 Å². The normalized spacial score (nSPS) is 15.4. The molecule has 3 aromatic carbocycles. The maximum atomic E-state index is 13.5. The molecule has 1 heterocycles. The Morgan fingerprint density at radius 2 is 1.69 bits per heavy atom. The molecule has 0 saturated carbocycles. The molecule has 1 atom stereocenters. The minimum absolute atomic E-state index is 0.000216. The molecular formula is C28H24F3N3O4S. The number of alkyl halides is 3. The first-order valence-electron chi connectivity index (χ1n) is 12.0. The molecule has 0 bridgehead atoms. The molecular weight excluding hydrogens is 531 g/mol. The van der Waals surface area contributed by atoms with Gasteiger partial charge in [0.25, 0.3) is 5.91 Å². The first kappa shape index (κ1) is 27.8. The van der Waals surface area contributed by atoms with Crippen molar-refractivity contribution in [1.29, 1.82) is 0 Å². The van der Waals surface area contributed by atoms with Crippen molar-refractivity contribution in [3.63, 3.8) is 0 Å². The van der Waals surface area contributed by atoms with Gasteiger partial charge in [0.2, 0.25) is 5.91 Å². The lowest BCUT2D eigenvalue weighted by Crippen LogP contribution is -2.37. The smallest absolute Gasteiger partial charge is 0.416 e. The van der Waals surface area contributed by atoms with E-state index in [1.807, 2.05) is 30.3 Å². The Morgan fingerprint density at radius 1 is 1.00 bits per heavy atom. The average Bonchev–Trinajstić information content (AvgIpc) is 3.13. The number of nitrogens with one attached hydrogen (secondary N) is 1. The van der Waals surface area contributed by atoms with Crippen LogP contribution in [0.2, 0.25) is 0 Å². The first-order valence-corrected chi connectivity index (χ1v) is 12.4. The van der Waals surface area contributed by atoms with E-state index in [-0.39, 0.29) is 30.4 Å². The molecule has 0 aromatic heterocycles. The van der Waals surface area contributed by atoms with Crippen LogP contribution < -0.4 is 10.2 Å². The number of hydrogen-bond acceptors (Lipinski definition) is 5. The van der Waals surface area contributed by atoms with Crippen molar-refractivity contribution in [3.05, 3.63) is 95.6 Å². The van der Waals surface area contributed by atoms with Gasteiger partial charge >= 0.3 is 12.1 Å². The fourth-order valence-corrected chi connectivity index (χ4v) is 4.53. The Labute approximate surface area is 228 Å². The third-order valence-electron chi connectivity index (χ3n) is 6.00. The largest absolute Gasteiger partial charge is 0.462 e. The number of amides is 2. The van der Waals surface area contributed by atoms with Gasteiger partial charge in [-0.1, -0.05) is 36.4 Å². The topological polar surface area (TPSA) is 78.9 Å². The zero-order chi connectivity index (χ0) is 28.2. The molecule has 4 rings (SSSR count). The molecule has 2 amide bonds. The summed E-state index contributed by atoms with van der Waals surface area (Å²) in [6.07, 6.45) is -4.91. The lowest BCUT2D eigenvalue weighted by molar-refractivity contribution is -0.137. The Morgan fingerprint density at radius 3 is 2.33 bits per heavy atom. The van der Waals surface area contributed by atoms with E-state index in [1.54, 1.807) is 6.92 Å². The Kier molecular flexibility index (Phi) is 8.29. The van der Waals surface area contributed by atoms with Gasteiger partial charge in [-0.25, -0.2) is 4.79 Å². The summed E-state index contributed by atoms with van der Waals surface area (Å²) in [6.45, 7) is 2.09. The van der Waals surface area contributed by atoms with Gasteiger partial charge in [-0.3, -0.25) is 14.5 Å². The Balaban J connectivity index is 1.57. The van der Waals surface area contributed by atoms with Crippen LogP contribution in [0.15, 0.2) is 78.9 Å². The van der Waals surface area contributed by atoms with Crippen LogP contribution >= 0.6 is 12.2 Å². The highest BCUT2D eigenvalue weighted by atomic mass is 32.1. The van der Waals surface area contributed by atoms with Gasteiger partial charge in [0.05, 0.1) is 29.8 Å². The Bertz CT molecular complexity index is 1380. The molecule has 1 fully saturated rings. The molecule has 0 radical (unpaired) electrons. The van der Waals surface area contributed by atoms with E-state index in [1.165, 1.54) is 41.3 Å². The quantitative estimate of drug-likeness (QED) is 0.296. The predicted molar refractivity (Wildman–Crippen MR) is 143 cm³/mol. The van der Waals surface area contributed by atoms with E-state index in [2.05, 4.69) is 5.32 Å². The highest BCUT2D eigenvalue weighted by Crippen LogP contribution is 2.34. The first-order chi connectivity index (χ1) is 18.6. The summed E-state index contributed by atoms with van der Waals surface area (Å²) in [5, 5.41) is 2.69. The van der Waals surface area contributed by atoms with Gasteiger partial charge in [-0.2, -0.15) is 13.2 Å². The van der Waals surface area contributed by atoms with Crippen molar-refractivity contribution in [2.45, 2.75) is 32.1 Å². The van der Waals surface area contributed by atoms with E-state index >= 15 is 0 Å². The molecule has 1 unspecified atom stereocenters. The summed E-state index contributed by atoms with van der Waals surface area (Å²) >= 11 is 5.55. The lowest BCUT2D eigenvalue weighted by atomic mass is 10.1. The molecule has 1 saturated heterocycles. The highest BCUT2D eigenvalue weighted by Gasteiger charge is 2.44. The molecule has 7 nitrogen and oxygen atoms in total. The highest BCUT2D eigenvalue weighted by molar-refractivity contribution is 7.80. The molecule has 0 spiro atoms. The number of thiocarbonyl (C=S) groups is 1. The number of esters is 1. The van der Waals surface area contributed by atoms with Crippen molar-refractivity contribution < 1.29 is 32.3 Å². The van der Waals surface area contributed by atoms with Gasteiger partial charge < -0.3 is 15.0 Å². The van der Waals surface area contributed by atoms with Crippen LogP contribution in [0.25, 0.3) is 0 Å². The van der Waals surface area contributed by atoms with Crippen molar-refractivity contribution in [2.75, 3.05) is 16.8 Å². The maximum Gasteiger partial charge on any atom is 0.416 e. The summed E-state index contributed by atoms with van der Waals surface area (Å²) in [5.74, 6) is -1.61. The summed E-state index contributed by atoms with van der Waals surface area (Å²) < 4.78 is 45.0. The van der Waals surface area contributed by atoms with Crippen LogP contribution in [0.5, 0.6) is 0 Å². The number of rotatable bonds is 8.